The number of nitrogens with one attached hydrogen (secondary N) is 2. The molecule has 1 aromatic rings. The summed E-state index contributed by atoms with van der Waals surface area (Å²) in [7, 11) is 0. The van der Waals surface area contributed by atoms with Crippen LogP contribution >= 0.6 is 0 Å². The van der Waals surface area contributed by atoms with Crippen LogP contribution in [0.4, 0.5) is 19.3 Å². The fourth-order valence-corrected chi connectivity index (χ4v) is 1.66. The minimum Gasteiger partial charge on any atom is -0.485 e. The van der Waals surface area contributed by atoms with Gasteiger partial charge in [0, 0.05) is 6.54 Å². The van der Waals surface area contributed by atoms with Crippen LogP contribution in [0.3, 0.4) is 0 Å². The molecule has 0 heterocycles. The molecule has 0 saturated heterocycles. The number of amides is 2. The van der Waals surface area contributed by atoms with Gasteiger partial charge in [-0.1, -0.05) is 25.5 Å². The van der Waals surface area contributed by atoms with Gasteiger partial charge in [0.1, 0.15) is 12.4 Å². The molecule has 5 nitrogen and oxygen atoms in total. The van der Waals surface area contributed by atoms with Gasteiger partial charge < -0.3 is 20.5 Å². The largest absolute Gasteiger partial charge is 0.485 e. The maximum atomic E-state index is 12.1. The highest BCUT2D eigenvalue weighted by Crippen LogP contribution is 2.23. The molecule has 21 heavy (non-hydrogen) atoms. The molecule has 1 rings (SSSR count). The van der Waals surface area contributed by atoms with E-state index in [0.717, 1.165) is 6.42 Å². The van der Waals surface area contributed by atoms with Crippen LogP contribution in [-0.4, -0.2) is 36.8 Å². The van der Waals surface area contributed by atoms with E-state index in [2.05, 4.69) is 10.6 Å². The molecular formula is C14H20F2N2O3. The standard InChI is InChI=1S/C14H20F2N2O3/c1-2-5-10(19)8-17-14(20)18-11-6-3-4-7-12(11)21-9-13(15)16/h3-4,6-7,10,13,19H,2,5,8-9H2,1H3,(H2,17,18,20). The average molecular weight is 302 g/mol. The topological polar surface area (TPSA) is 70.6 Å². The van der Waals surface area contributed by atoms with E-state index in [1.54, 1.807) is 18.2 Å². The Labute approximate surface area is 122 Å². The summed E-state index contributed by atoms with van der Waals surface area (Å²) in [5, 5.41) is 14.5. The number of rotatable bonds is 8. The molecule has 118 valence electrons. The minimum atomic E-state index is -2.59. The Kier molecular flexibility index (Phi) is 7.45. The molecule has 0 aliphatic heterocycles. The molecule has 3 N–H and O–H groups in total. The molecule has 0 saturated carbocycles. The normalized spacial score (nSPS) is 12.0. The van der Waals surface area contributed by atoms with E-state index in [0.29, 0.717) is 12.1 Å². The molecule has 0 fully saturated rings. The molecule has 0 bridgehead atoms. The number of hydrogen-bond acceptors (Lipinski definition) is 3. The lowest BCUT2D eigenvalue weighted by molar-refractivity contribution is 0.0822. The first kappa shape index (κ1) is 17.2. The van der Waals surface area contributed by atoms with E-state index in [-0.39, 0.29) is 12.3 Å². The molecule has 0 aliphatic carbocycles. The molecular weight excluding hydrogens is 282 g/mol. The van der Waals surface area contributed by atoms with E-state index in [1.165, 1.54) is 6.07 Å². The van der Waals surface area contributed by atoms with Crippen molar-refractivity contribution < 1.29 is 23.4 Å². The predicted molar refractivity (Wildman–Crippen MR) is 75.9 cm³/mol. The average Bonchev–Trinajstić information content (AvgIpc) is 2.44. The lowest BCUT2D eigenvalue weighted by atomic mass is 10.2. The van der Waals surface area contributed by atoms with Crippen molar-refractivity contribution in [1.82, 2.24) is 5.32 Å². The molecule has 0 aliphatic rings. The third-order valence-corrected chi connectivity index (χ3v) is 2.62. The third kappa shape index (κ3) is 6.89. The first-order valence-corrected chi connectivity index (χ1v) is 6.75. The van der Waals surface area contributed by atoms with Crippen LogP contribution in [0, 0.1) is 0 Å². The van der Waals surface area contributed by atoms with Crippen molar-refractivity contribution in [2.45, 2.75) is 32.3 Å². The highest BCUT2D eigenvalue weighted by molar-refractivity contribution is 5.90. The minimum absolute atomic E-state index is 0.125. The Morgan fingerprint density at radius 1 is 1.38 bits per heavy atom. The van der Waals surface area contributed by atoms with Gasteiger partial charge in [-0.3, -0.25) is 0 Å². The van der Waals surface area contributed by atoms with Crippen LogP contribution in [0.1, 0.15) is 19.8 Å². The number of aliphatic hydroxyl groups excluding tert-OH is 1. The van der Waals surface area contributed by atoms with Crippen molar-refractivity contribution in [2.75, 3.05) is 18.5 Å². The van der Waals surface area contributed by atoms with E-state index < -0.39 is 25.2 Å². The summed E-state index contributed by atoms with van der Waals surface area (Å²) in [6.45, 7) is 1.31. The van der Waals surface area contributed by atoms with Gasteiger partial charge in [0.25, 0.3) is 6.43 Å². The smallest absolute Gasteiger partial charge is 0.319 e. The molecule has 0 spiro atoms. The van der Waals surface area contributed by atoms with Gasteiger partial charge in [0.2, 0.25) is 0 Å². The van der Waals surface area contributed by atoms with Gasteiger partial charge in [-0.05, 0) is 18.6 Å². The van der Waals surface area contributed by atoms with Gasteiger partial charge in [0.05, 0.1) is 11.8 Å². The van der Waals surface area contributed by atoms with Crippen LogP contribution in [0.25, 0.3) is 0 Å². The van der Waals surface area contributed by atoms with Crippen molar-refractivity contribution in [3.05, 3.63) is 24.3 Å². The van der Waals surface area contributed by atoms with Crippen LogP contribution in [0.15, 0.2) is 24.3 Å². The zero-order chi connectivity index (χ0) is 15.7. The van der Waals surface area contributed by atoms with Gasteiger partial charge >= 0.3 is 6.03 Å². The molecule has 2 amide bonds. The van der Waals surface area contributed by atoms with Crippen molar-refractivity contribution in [2.24, 2.45) is 0 Å². The van der Waals surface area contributed by atoms with Crippen molar-refractivity contribution in [3.8, 4) is 5.75 Å². The Morgan fingerprint density at radius 2 is 2.10 bits per heavy atom. The van der Waals surface area contributed by atoms with Crippen LogP contribution in [-0.2, 0) is 0 Å². The maximum absolute atomic E-state index is 12.1. The predicted octanol–water partition coefficient (Wildman–Crippen LogP) is 2.61. The van der Waals surface area contributed by atoms with Crippen LogP contribution in [0.5, 0.6) is 5.75 Å². The number of carbonyl (C=O) groups excluding carboxylic acids is 1. The highest BCUT2D eigenvalue weighted by atomic mass is 19.3. The number of benzene rings is 1. The van der Waals surface area contributed by atoms with Gasteiger partial charge in [0.15, 0.2) is 0 Å². The van der Waals surface area contributed by atoms with Gasteiger partial charge in [-0.15, -0.1) is 0 Å². The summed E-state index contributed by atoms with van der Waals surface area (Å²) >= 11 is 0. The second-order valence-electron chi connectivity index (χ2n) is 4.48. The number of anilines is 1. The monoisotopic (exact) mass is 302 g/mol. The Balaban J connectivity index is 2.51. The Bertz CT molecular complexity index is 444. The molecule has 1 atom stereocenters. The molecule has 7 heteroatoms. The first-order valence-electron chi connectivity index (χ1n) is 6.75. The fourth-order valence-electron chi connectivity index (χ4n) is 1.66. The van der Waals surface area contributed by atoms with Gasteiger partial charge in [-0.25, -0.2) is 13.6 Å². The number of para-hydroxylation sites is 2. The van der Waals surface area contributed by atoms with Crippen LogP contribution < -0.4 is 15.4 Å². The second kappa shape index (κ2) is 9.12. The quantitative estimate of drug-likeness (QED) is 0.691. The molecule has 0 aromatic heterocycles. The third-order valence-electron chi connectivity index (χ3n) is 2.62. The van der Waals surface area contributed by atoms with E-state index in [1.807, 2.05) is 6.92 Å². The second-order valence-corrected chi connectivity index (χ2v) is 4.48. The number of aliphatic hydroxyl groups is 1. The summed E-state index contributed by atoms with van der Waals surface area (Å²) in [6, 6.07) is 5.77. The molecule has 0 radical (unpaired) electrons. The number of carbonyl (C=O) groups is 1. The molecule has 1 aromatic carbocycles. The van der Waals surface area contributed by atoms with Crippen molar-refractivity contribution in [1.29, 1.82) is 0 Å². The van der Waals surface area contributed by atoms with E-state index in [9.17, 15) is 18.7 Å². The number of alkyl halides is 2. The van der Waals surface area contributed by atoms with E-state index in [4.69, 9.17) is 4.74 Å². The summed E-state index contributed by atoms with van der Waals surface area (Å²) < 4.78 is 29.2. The lowest BCUT2D eigenvalue weighted by Gasteiger charge is -2.14. The summed E-state index contributed by atoms with van der Waals surface area (Å²) in [4.78, 5) is 11.7. The van der Waals surface area contributed by atoms with Gasteiger partial charge in [-0.2, -0.15) is 0 Å². The fraction of sp³-hybridized carbons (Fsp3) is 0.500. The number of urea groups is 1. The summed E-state index contributed by atoms with van der Waals surface area (Å²) in [5.74, 6) is 0.169. The Morgan fingerprint density at radius 3 is 2.76 bits per heavy atom. The van der Waals surface area contributed by atoms with Crippen molar-refractivity contribution in [3.63, 3.8) is 0 Å². The maximum Gasteiger partial charge on any atom is 0.319 e. The zero-order valence-electron chi connectivity index (χ0n) is 11.8. The highest BCUT2D eigenvalue weighted by Gasteiger charge is 2.11. The van der Waals surface area contributed by atoms with E-state index >= 15 is 0 Å². The summed E-state index contributed by atoms with van der Waals surface area (Å²) in [5.41, 5.74) is 0.292. The molecule has 1 unspecified atom stereocenters. The zero-order valence-corrected chi connectivity index (χ0v) is 11.8. The number of halogens is 2. The first-order chi connectivity index (χ1) is 10.0. The summed E-state index contributed by atoms with van der Waals surface area (Å²) in [6.07, 6.45) is -1.79. The number of ether oxygens (including phenoxy) is 1. The lowest BCUT2D eigenvalue weighted by Crippen LogP contribution is -2.35. The SMILES string of the molecule is CCCC(O)CNC(=O)Nc1ccccc1OCC(F)F. The Hall–Kier alpha value is -1.89. The van der Waals surface area contributed by atoms with Crippen molar-refractivity contribution >= 4 is 11.7 Å². The van der Waals surface area contributed by atoms with Crippen LogP contribution in [0.2, 0.25) is 0 Å². The number of hydrogen-bond donors (Lipinski definition) is 3.